The van der Waals surface area contributed by atoms with Gasteiger partial charge < -0.3 is 0 Å². The Hall–Kier alpha value is -1.24. The van der Waals surface area contributed by atoms with Crippen molar-refractivity contribution in [1.82, 2.24) is 5.32 Å². The maximum atomic E-state index is 5.03. The third-order valence-corrected chi connectivity index (χ3v) is 6.04. The van der Waals surface area contributed by atoms with Crippen LogP contribution in [0.15, 0.2) is 30.0 Å². The van der Waals surface area contributed by atoms with E-state index >= 15 is 0 Å². The average molecular weight is 325 g/mol. The molecule has 0 bridgehead atoms. The molecule has 1 aliphatic heterocycles. The minimum atomic E-state index is 0.696. The molecule has 0 fully saturated rings. The van der Waals surface area contributed by atoms with E-state index in [2.05, 4.69) is 38.1 Å². The van der Waals surface area contributed by atoms with Crippen LogP contribution in [-0.2, 0) is 0 Å². The van der Waals surface area contributed by atoms with Gasteiger partial charge in [0.1, 0.15) is 0 Å². The molecule has 0 saturated heterocycles. The highest BCUT2D eigenvalue weighted by Gasteiger charge is 2.34. The van der Waals surface area contributed by atoms with E-state index in [-0.39, 0.29) is 0 Å². The lowest BCUT2D eigenvalue weighted by molar-refractivity contribution is 0.333. The van der Waals surface area contributed by atoms with Gasteiger partial charge in [-0.05, 0) is 36.8 Å². The summed E-state index contributed by atoms with van der Waals surface area (Å²) in [6.45, 7) is 4.73. The molecule has 0 spiro atoms. The number of rotatable bonds is 9. The molecule has 2 atom stereocenters. The third kappa shape index (κ3) is 4.05. The van der Waals surface area contributed by atoms with Crippen molar-refractivity contribution in [3.05, 3.63) is 35.5 Å². The van der Waals surface area contributed by atoms with Gasteiger partial charge in [-0.1, -0.05) is 83.4 Å². The van der Waals surface area contributed by atoms with Crippen molar-refractivity contribution in [3.8, 4) is 0 Å². The summed E-state index contributed by atoms with van der Waals surface area (Å²) in [7, 11) is 0. The summed E-state index contributed by atoms with van der Waals surface area (Å²) in [5.41, 5.74) is 5.64. The molecule has 2 aliphatic rings. The van der Waals surface area contributed by atoms with Crippen molar-refractivity contribution in [2.24, 2.45) is 11.8 Å². The average Bonchev–Trinajstić information content (AvgIpc) is 2.97. The smallest absolute Gasteiger partial charge is 0.0708 e. The van der Waals surface area contributed by atoms with Crippen molar-refractivity contribution < 1.29 is 0 Å². The first-order valence-corrected chi connectivity index (χ1v) is 10.4. The Morgan fingerprint density at radius 1 is 0.958 bits per heavy atom. The number of para-hydroxylation sites is 1. The number of benzene rings is 1. The van der Waals surface area contributed by atoms with Crippen LogP contribution >= 0.6 is 0 Å². The largest absolute Gasteiger partial charge is 0.252 e. The third-order valence-electron chi connectivity index (χ3n) is 6.04. The van der Waals surface area contributed by atoms with Crippen LogP contribution in [0.1, 0.15) is 90.0 Å². The molecule has 1 aliphatic carbocycles. The lowest BCUT2D eigenvalue weighted by atomic mass is 9.76. The maximum Gasteiger partial charge on any atom is 0.0708 e. The Morgan fingerprint density at radius 3 is 2.46 bits per heavy atom. The summed E-state index contributed by atoms with van der Waals surface area (Å²) in [6, 6.07) is 8.74. The molecular formula is C23H34N. The molecule has 1 aromatic carbocycles. The second-order valence-electron chi connectivity index (χ2n) is 7.88. The fourth-order valence-corrected chi connectivity index (χ4v) is 4.49. The number of nitrogens with zero attached hydrogens (tertiary/aromatic N) is 1. The van der Waals surface area contributed by atoms with Crippen molar-refractivity contribution >= 4 is 11.3 Å². The zero-order chi connectivity index (χ0) is 16.8. The quantitative estimate of drug-likeness (QED) is 0.426. The number of fused-ring (bicyclic) bond motifs is 2. The van der Waals surface area contributed by atoms with Crippen molar-refractivity contribution in [3.63, 3.8) is 0 Å². The first kappa shape index (κ1) is 17.6. The minimum absolute atomic E-state index is 0.696. The maximum absolute atomic E-state index is 5.03. The lowest BCUT2D eigenvalue weighted by Gasteiger charge is -2.30. The van der Waals surface area contributed by atoms with Crippen LogP contribution < -0.4 is 5.32 Å². The first-order chi connectivity index (χ1) is 11.8. The Morgan fingerprint density at radius 2 is 1.67 bits per heavy atom. The molecule has 0 amide bonds. The monoisotopic (exact) mass is 324 g/mol. The fraction of sp³-hybridized carbons (Fsp3) is 0.652. The molecule has 131 valence electrons. The number of hydrogen-bond donors (Lipinski definition) is 0. The minimum Gasteiger partial charge on any atom is -0.252 e. The van der Waals surface area contributed by atoms with Gasteiger partial charge in [0.05, 0.1) is 5.69 Å². The van der Waals surface area contributed by atoms with Gasteiger partial charge in [-0.3, -0.25) is 5.32 Å². The van der Waals surface area contributed by atoms with Crippen LogP contribution in [0.5, 0.6) is 0 Å². The predicted octanol–water partition coefficient (Wildman–Crippen LogP) is 7.22. The van der Waals surface area contributed by atoms with E-state index in [1.807, 2.05) is 0 Å². The summed E-state index contributed by atoms with van der Waals surface area (Å²) >= 11 is 0. The molecule has 1 heterocycles. The highest BCUT2D eigenvalue weighted by atomic mass is 14.9. The number of allylic oxidation sites excluding steroid dienone is 2. The zero-order valence-corrected chi connectivity index (χ0v) is 15.7. The van der Waals surface area contributed by atoms with Crippen LogP contribution in [0.2, 0.25) is 0 Å². The second kappa shape index (κ2) is 8.74. The van der Waals surface area contributed by atoms with Crippen LogP contribution in [0.25, 0.3) is 5.57 Å². The van der Waals surface area contributed by atoms with Crippen molar-refractivity contribution in [2.75, 3.05) is 0 Å². The summed E-state index contributed by atoms with van der Waals surface area (Å²) in [6.07, 6.45) is 15.2. The summed E-state index contributed by atoms with van der Waals surface area (Å²) in [4.78, 5) is 0. The van der Waals surface area contributed by atoms with Gasteiger partial charge >= 0.3 is 0 Å². The molecule has 2 unspecified atom stereocenters. The van der Waals surface area contributed by atoms with E-state index < -0.39 is 0 Å². The van der Waals surface area contributed by atoms with Gasteiger partial charge in [-0.25, -0.2) is 0 Å². The second-order valence-corrected chi connectivity index (χ2v) is 7.88. The first-order valence-electron chi connectivity index (χ1n) is 10.4. The molecule has 1 heteroatoms. The van der Waals surface area contributed by atoms with Crippen LogP contribution in [-0.4, -0.2) is 0 Å². The highest BCUT2D eigenvalue weighted by Crippen LogP contribution is 2.47. The number of unbranched alkanes of at least 4 members (excludes halogenated alkanes) is 7. The predicted molar refractivity (Wildman–Crippen MR) is 104 cm³/mol. The van der Waals surface area contributed by atoms with E-state index in [1.54, 1.807) is 5.57 Å². The Bertz CT molecular complexity index is 557. The molecule has 0 saturated carbocycles. The molecule has 1 aromatic rings. The van der Waals surface area contributed by atoms with Crippen LogP contribution in [0.3, 0.4) is 0 Å². The molecule has 1 nitrogen and oxygen atoms in total. The molecular weight excluding hydrogens is 290 g/mol. The van der Waals surface area contributed by atoms with E-state index in [4.69, 9.17) is 5.32 Å². The van der Waals surface area contributed by atoms with Gasteiger partial charge in [0, 0.05) is 17.2 Å². The highest BCUT2D eigenvalue weighted by molar-refractivity contribution is 5.82. The van der Waals surface area contributed by atoms with E-state index in [0.717, 1.165) is 5.92 Å². The van der Waals surface area contributed by atoms with Crippen LogP contribution in [0, 0.1) is 11.8 Å². The molecule has 0 aromatic heterocycles. The van der Waals surface area contributed by atoms with Crippen molar-refractivity contribution in [2.45, 2.75) is 84.5 Å². The van der Waals surface area contributed by atoms with Crippen LogP contribution in [0.4, 0.5) is 5.69 Å². The van der Waals surface area contributed by atoms with Gasteiger partial charge in [-0.15, -0.1) is 0 Å². The topological polar surface area (TPSA) is 14.1 Å². The molecule has 24 heavy (non-hydrogen) atoms. The summed E-state index contributed by atoms with van der Waals surface area (Å²) < 4.78 is 0. The van der Waals surface area contributed by atoms with E-state index in [1.165, 1.54) is 87.6 Å². The number of hydrogen-bond acceptors (Lipinski definition) is 0. The van der Waals surface area contributed by atoms with Crippen molar-refractivity contribution in [1.29, 1.82) is 0 Å². The SMILES string of the molecule is CCCCCCCCCCC1C2=C(CCC1C)c1ccccc1[N]2. The normalized spacial score (nSPS) is 22.2. The van der Waals surface area contributed by atoms with Gasteiger partial charge in [0.2, 0.25) is 0 Å². The Labute approximate surface area is 148 Å². The fourth-order valence-electron chi connectivity index (χ4n) is 4.49. The Balaban J connectivity index is 1.48. The summed E-state index contributed by atoms with van der Waals surface area (Å²) in [5, 5.41) is 5.03. The van der Waals surface area contributed by atoms with E-state index in [9.17, 15) is 0 Å². The van der Waals surface area contributed by atoms with E-state index in [0.29, 0.717) is 5.92 Å². The molecule has 3 rings (SSSR count). The zero-order valence-electron chi connectivity index (χ0n) is 15.7. The lowest BCUT2D eigenvalue weighted by Crippen LogP contribution is -2.21. The molecule has 0 N–H and O–H groups in total. The standard InChI is InChI=1S/C23H34N/c1-3-4-5-6-7-8-9-10-13-19-18(2)16-17-21-20-14-11-12-15-22(20)24-23(19)21/h11-12,14-15,18-19H,3-10,13,16-17H2,1-2H3. The Kier molecular flexibility index (Phi) is 6.40. The summed E-state index contributed by atoms with van der Waals surface area (Å²) in [5.74, 6) is 1.49. The van der Waals surface area contributed by atoms with Gasteiger partial charge in [0.15, 0.2) is 0 Å². The van der Waals surface area contributed by atoms with Gasteiger partial charge in [0.25, 0.3) is 0 Å². The molecule has 1 radical (unpaired) electrons. The van der Waals surface area contributed by atoms with Gasteiger partial charge in [-0.2, -0.15) is 0 Å².